The number of hydrogen-bond acceptors (Lipinski definition) is 9. The molecule has 2 aromatic heterocycles. The lowest BCUT2D eigenvalue weighted by molar-refractivity contribution is -0.122. The summed E-state index contributed by atoms with van der Waals surface area (Å²) in [5, 5.41) is 23.0. The third-order valence-electron chi connectivity index (χ3n) is 6.98. The maximum absolute atomic E-state index is 13.3. The Bertz CT molecular complexity index is 1710. The number of aliphatic imine (C=N–C) groups is 1. The molecule has 0 bridgehead atoms. The summed E-state index contributed by atoms with van der Waals surface area (Å²) in [6.07, 6.45) is 3.84. The second-order valence-electron chi connectivity index (χ2n) is 9.75. The average Bonchev–Trinajstić information content (AvgIpc) is 3.73. The van der Waals surface area contributed by atoms with Crippen molar-refractivity contribution in [3.63, 3.8) is 0 Å². The third kappa shape index (κ3) is 5.78. The van der Waals surface area contributed by atoms with Gasteiger partial charge in [-0.1, -0.05) is 64.8 Å². The highest BCUT2D eigenvalue weighted by atomic mass is 35.5. The van der Waals surface area contributed by atoms with Crippen molar-refractivity contribution in [2.45, 2.75) is 36.5 Å². The number of benzene rings is 3. The zero-order chi connectivity index (χ0) is 28.4. The number of nitrogen functional groups attached to an aromatic ring is 1. The van der Waals surface area contributed by atoms with Crippen LogP contribution in [0.25, 0.3) is 16.7 Å². The molecule has 0 saturated heterocycles. The van der Waals surface area contributed by atoms with Gasteiger partial charge in [0.1, 0.15) is 12.5 Å². The Morgan fingerprint density at radius 3 is 2.83 bits per heavy atom. The first-order valence-electron chi connectivity index (χ1n) is 12.9. The van der Waals surface area contributed by atoms with E-state index < -0.39 is 11.2 Å². The van der Waals surface area contributed by atoms with Crippen LogP contribution in [0.15, 0.2) is 82.6 Å². The van der Waals surface area contributed by atoms with Crippen molar-refractivity contribution in [2.75, 3.05) is 5.73 Å². The van der Waals surface area contributed by atoms with Crippen LogP contribution in [0.5, 0.6) is 0 Å². The quantitative estimate of drug-likeness (QED) is 0.173. The van der Waals surface area contributed by atoms with E-state index in [1.165, 1.54) is 6.33 Å². The Labute approximate surface area is 244 Å². The lowest BCUT2D eigenvalue weighted by Gasteiger charge is -2.28. The van der Waals surface area contributed by atoms with Crippen molar-refractivity contribution in [2.24, 2.45) is 4.99 Å². The van der Waals surface area contributed by atoms with E-state index in [2.05, 4.69) is 36.3 Å². The summed E-state index contributed by atoms with van der Waals surface area (Å²) in [5.41, 5.74) is 9.76. The Kier molecular flexibility index (Phi) is 7.39. The number of alkyl halides is 1. The molecule has 3 aromatic carbocycles. The fourth-order valence-electron chi connectivity index (χ4n) is 4.90. The third-order valence-corrected chi connectivity index (χ3v) is 7.64. The molecule has 13 heteroatoms. The van der Waals surface area contributed by atoms with Gasteiger partial charge in [0.2, 0.25) is 5.91 Å². The molecule has 6 rings (SSSR count). The molecule has 0 saturated carbocycles. The van der Waals surface area contributed by atoms with Crippen molar-refractivity contribution in [3.8, 4) is 5.69 Å². The van der Waals surface area contributed by atoms with Gasteiger partial charge >= 0.3 is 0 Å². The number of anilines is 1. The number of carbonyl (C=O) groups is 1. The first-order chi connectivity index (χ1) is 19.9. The number of aromatic nitrogens is 5. The van der Waals surface area contributed by atoms with Gasteiger partial charge in [0, 0.05) is 17.7 Å². The molecule has 11 nitrogen and oxygen atoms in total. The lowest BCUT2D eigenvalue weighted by atomic mass is 10.0. The van der Waals surface area contributed by atoms with Gasteiger partial charge in [-0.05, 0) is 70.3 Å². The molecule has 0 fully saturated rings. The molecule has 1 aliphatic heterocycles. The highest BCUT2D eigenvalue weighted by molar-refractivity contribution is 6.32. The van der Waals surface area contributed by atoms with Gasteiger partial charge in [-0.15, -0.1) is 5.10 Å². The van der Waals surface area contributed by atoms with E-state index in [0.717, 1.165) is 22.4 Å². The van der Waals surface area contributed by atoms with Crippen molar-refractivity contribution in [1.82, 2.24) is 36.0 Å². The minimum atomic E-state index is -1.11. The van der Waals surface area contributed by atoms with Crippen LogP contribution < -0.4 is 16.4 Å². The van der Waals surface area contributed by atoms with Crippen molar-refractivity contribution >= 4 is 52.1 Å². The van der Waals surface area contributed by atoms with E-state index in [4.69, 9.17) is 33.5 Å². The van der Waals surface area contributed by atoms with Gasteiger partial charge in [0.15, 0.2) is 16.4 Å². The van der Waals surface area contributed by atoms with Crippen LogP contribution in [-0.4, -0.2) is 49.7 Å². The molecule has 5 aromatic rings. The molecule has 1 amide bonds. The van der Waals surface area contributed by atoms with Gasteiger partial charge < -0.3 is 15.6 Å². The Hall–Kier alpha value is -4.32. The average molecular weight is 590 g/mol. The van der Waals surface area contributed by atoms with E-state index >= 15 is 0 Å². The van der Waals surface area contributed by atoms with Crippen molar-refractivity contribution in [1.29, 1.82) is 0 Å². The molecule has 2 unspecified atom stereocenters. The Morgan fingerprint density at radius 2 is 2.02 bits per heavy atom. The van der Waals surface area contributed by atoms with Crippen molar-refractivity contribution < 1.29 is 9.32 Å². The summed E-state index contributed by atoms with van der Waals surface area (Å²) in [6.45, 7) is 0. The first kappa shape index (κ1) is 26.9. The fraction of sp³-hybridized carbons (Fsp3) is 0.214. The smallest absolute Gasteiger partial charge is 0.220 e. The van der Waals surface area contributed by atoms with Crippen LogP contribution in [0, 0.1) is 0 Å². The maximum Gasteiger partial charge on any atom is 0.220 e. The Morgan fingerprint density at radius 1 is 1.17 bits per heavy atom. The van der Waals surface area contributed by atoms with Gasteiger partial charge in [-0.2, -0.15) is 0 Å². The van der Waals surface area contributed by atoms with Crippen LogP contribution >= 0.6 is 23.2 Å². The molecule has 3 atom stereocenters. The number of amides is 1. The predicted octanol–water partition coefficient (Wildman–Crippen LogP) is 3.79. The van der Waals surface area contributed by atoms with Crippen LogP contribution in [0.2, 0.25) is 5.02 Å². The second-order valence-corrected chi connectivity index (χ2v) is 10.8. The van der Waals surface area contributed by atoms with Crippen LogP contribution in [0.4, 0.5) is 5.82 Å². The number of nitrogens with two attached hydrogens (primary N) is 1. The number of hydrogen-bond donors (Lipinski definition) is 3. The van der Waals surface area contributed by atoms with E-state index in [1.54, 1.807) is 23.0 Å². The standard InChI is InChI=1S/C28H25Cl2N9O2/c29-20-8-10-23(39-16-33-37-38-39)18(13-20)6-11-25(40)34-22(12-17-4-2-1-3-5-17)27-32-15-28(30,35-27)19-7-9-21-24(14-19)41-36-26(21)31/h1-5,7-10,13-16,22,27,35H,6,11-12H2,(H2,31,36)(H,34,40)/t22-,27?,28?/m0/s1. The number of nitrogens with zero attached hydrogens (tertiary/aromatic N) is 6. The van der Waals surface area contributed by atoms with E-state index in [1.807, 2.05) is 54.6 Å². The Balaban J connectivity index is 1.19. The zero-order valence-corrected chi connectivity index (χ0v) is 23.1. The molecule has 208 valence electrons. The highest BCUT2D eigenvalue weighted by Gasteiger charge is 2.39. The highest BCUT2D eigenvalue weighted by Crippen LogP contribution is 2.33. The van der Waals surface area contributed by atoms with Gasteiger partial charge in [0.05, 0.1) is 17.1 Å². The molecular weight excluding hydrogens is 565 g/mol. The molecular formula is C28H25Cl2N9O2. The summed E-state index contributed by atoms with van der Waals surface area (Å²) in [7, 11) is 0. The van der Waals surface area contributed by atoms with Crippen LogP contribution in [0.3, 0.4) is 0 Å². The summed E-state index contributed by atoms with van der Waals surface area (Å²) in [5.74, 6) is 0.172. The maximum atomic E-state index is 13.3. The SMILES string of the molecule is Nc1noc2cc(C3(Cl)C=NC([C@H](Cc4ccccc4)NC(=O)CCc4cc(Cl)ccc4-n4cnnn4)N3)ccc12. The second kappa shape index (κ2) is 11.3. The van der Waals surface area contributed by atoms with Gasteiger partial charge in [0.25, 0.3) is 0 Å². The van der Waals surface area contributed by atoms with Gasteiger partial charge in [-0.3, -0.25) is 15.1 Å². The molecule has 3 heterocycles. The monoisotopic (exact) mass is 589 g/mol. The van der Waals surface area contributed by atoms with E-state index in [0.29, 0.717) is 34.7 Å². The number of nitrogens with one attached hydrogen (secondary N) is 2. The van der Waals surface area contributed by atoms with E-state index in [9.17, 15) is 4.79 Å². The normalized spacial score (nSPS) is 19.0. The topological polar surface area (TPSA) is 149 Å². The summed E-state index contributed by atoms with van der Waals surface area (Å²) in [6, 6.07) is 20.4. The predicted molar refractivity (Wildman–Crippen MR) is 156 cm³/mol. The van der Waals surface area contributed by atoms with E-state index in [-0.39, 0.29) is 18.4 Å². The number of tetrazole rings is 1. The molecule has 4 N–H and O–H groups in total. The first-order valence-corrected chi connectivity index (χ1v) is 13.6. The van der Waals surface area contributed by atoms with Gasteiger partial charge in [-0.25, -0.2) is 4.68 Å². The number of aryl methyl sites for hydroxylation is 1. The fourth-order valence-corrected chi connectivity index (χ4v) is 5.39. The number of halogens is 2. The molecule has 41 heavy (non-hydrogen) atoms. The largest absolute Gasteiger partial charge is 0.380 e. The number of fused-ring (bicyclic) bond motifs is 1. The number of rotatable bonds is 9. The van der Waals surface area contributed by atoms with Crippen LogP contribution in [0.1, 0.15) is 23.1 Å². The molecule has 0 radical (unpaired) electrons. The zero-order valence-electron chi connectivity index (χ0n) is 21.6. The summed E-state index contributed by atoms with van der Waals surface area (Å²) in [4.78, 5) is 16.9. The molecule has 0 aliphatic carbocycles. The summed E-state index contributed by atoms with van der Waals surface area (Å²) >= 11 is 13.3. The molecule has 0 spiro atoms. The minimum absolute atomic E-state index is 0.142. The minimum Gasteiger partial charge on any atom is -0.380 e. The summed E-state index contributed by atoms with van der Waals surface area (Å²) < 4.78 is 6.86. The molecule has 1 aliphatic rings. The van der Waals surface area contributed by atoms with Crippen molar-refractivity contribution in [3.05, 3.63) is 94.8 Å². The van der Waals surface area contributed by atoms with Crippen LogP contribution in [-0.2, 0) is 22.6 Å². The number of carbonyl (C=O) groups excluding carboxylic acids is 1. The lowest BCUT2D eigenvalue weighted by Crippen LogP contribution is -2.52.